The Labute approximate surface area is 175 Å². The van der Waals surface area contributed by atoms with Crippen LogP contribution in [-0.4, -0.2) is 34.0 Å². The van der Waals surface area contributed by atoms with Crippen molar-refractivity contribution in [2.45, 2.75) is 39.3 Å². The quantitative estimate of drug-likeness (QED) is 0.598. The van der Waals surface area contributed by atoms with Crippen LogP contribution in [0.15, 0.2) is 59.4 Å². The molecule has 1 heterocycles. The summed E-state index contributed by atoms with van der Waals surface area (Å²) in [6, 6.07) is 16.0. The van der Waals surface area contributed by atoms with Crippen LogP contribution < -0.4 is 16.2 Å². The van der Waals surface area contributed by atoms with Crippen LogP contribution in [0, 0.1) is 6.92 Å². The van der Waals surface area contributed by atoms with E-state index in [4.69, 9.17) is 0 Å². The number of rotatable bonds is 8. The van der Waals surface area contributed by atoms with Gasteiger partial charge in [-0.1, -0.05) is 49.4 Å². The number of benzene rings is 2. The number of nitrogens with zero attached hydrogens (tertiary/aromatic N) is 2. The Hall–Kier alpha value is -3.48. The van der Waals surface area contributed by atoms with E-state index in [1.807, 2.05) is 43.3 Å². The number of aromatic nitrogens is 2. The fourth-order valence-electron chi connectivity index (χ4n) is 3.29. The first-order valence-corrected chi connectivity index (χ1v) is 10.1. The number of aryl methyl sites for hydroxylation is 1. The molecule has 0 saturated heterocycles. The number of hydrogen-bond donors (Lipinski definition) is 2. The van der Waals surface area contributed by atoms with E-state index in [9.17, 15) is 14.4 Å². The molecule has 7 nitrogen and oxygen atoms in total. The standard InChI is InChI=1S/C23H26N4O3/c1-3-13-24-22(29)19(14-17-9-5-4-6-10-17)26-21(28)15-27-20-12-8-7-11-18(20)25-16(2)23(27)30/h4-12,19H,3,13-15H2,1-2H3,(H,24,29)(H,26,28)/t19-/m0/s1. The second kappa shape index (κ2) is 9.82. The lowest BCUT2D eigenvalue weighted by molar-refractivity contribution is -0.129. The lowest BCUT2D eigenvalue weighted by Crippen LogP contribution is -2.49. The third-order valence-corrected chi connectivity index (χ3v) is 4.80. The highest BCUT2D eigenvalue weighted by Crippen LogP contribution is 2.10. The van der Waals surface area contributed by atoms with E-state index in [0.717, 1.165) is 12.0 Å². The summed E-state index contributed by atoms with van der Waals surface area (Å²) in [5.74, 6) is -0.641. The Morgan fingerprint density at radius 1 is 1.07 bits per heavy atom. The van der Waals surface area contributed by atoms with E-state index in [1.54, 1.807) is 25.1 Å². The van der Waals surface area contributed by atoms with E-state index in [-0.39, 0.29) is 18.0 Å². The van der Waals surface area contributed by atoms with Crippen LogP contribution in [0.5, 0.6) is 0 Å². The lowest BCUT2D eigenvalue weighted by atomic mass is 10.1. The van der Waals surface area contributed by atoms with Crippen LogP contribution >= 0.6 is 0 Å². The van der Waals surface area contributed by atoms with Crippen molar-refractivity contribution < 1.29 is 9.59 Å². The van der Waals surface area contributed by atoms with Gasteiger partial charge < -0.3 is 10.6 Å². The summed E-state index contributed by atoms with van der Waals surface area (Å²) < 4.78 is 1.40. The number of nitrogens with one attached hydrogen (secondary N) is 2. The molecule has 2 aromatic carbocycles. The highest BCUT2D eigenvalue weighted by molar-refractivity contribution is 5.88. The van der Waals surface area contributed by atoms with Gasteiger partial charge in [0.15, 0.2) is 0 Å². The fraction of sp³-hybridized carbons (Fsp3) is 0.304. The van der Waals surface area contributed by atoms with Crippen LogP contribution in [0.3, 0.4) is 0 Å². The normalized spacial score (nSPS) is 11.8. The number of para-hydroxylation sites is 2. The maximum atomic E-state index is 12.8. The first-order valence-electron chi connectivity index (χ1n) is 10.1. The molecule has 0 aliphatic carbocycles. The van der Waals surface area contributed by atoms with Gasteiger partial charge in [0.25, 0.3) is 5.56 Å². The van der Waals surface area contributed by atoms with Crippen molar-refractivity contribution in [2.75, 3.05) is 6.54 Å². The molecular formula is C23H26N4O3. The fourth-order valence-corrected chi connectivity index (χ4v) is 3.29. The average Bonchev–Trinajstić information content (AvgIpc) is 2.75. The molecular weight excluding hydrogens is 380 g/mol. The molecule has 30 heavy (non-hydrogen) atoms. The summed E-state index contributed by atoms with van der Waals surface area (Å²) in [5.41, 5.74) is 2.17. The predicted molar refractivity (Wildman–Crippen MR) is 116 cm³/mol. The van der Waals surface area contributed by atoms with Gasteiger partial charge in [-0.05, 0) is 31.0 Å². The third kappa shape index (κ3) is 5.11. The molecule has 0 unspecified atom stereocenters. The predicted octanol–water partition coefficient (Wildman–Crippen LogP) is 1.96. The summed E-state index contributed by atoms with van der Waals surface area (Å²) in [4.78, 5) is 42.4. The molecule has 2 amide bonds. The van der Waals surface area contributed by atoms with Gasteiger partial charge >= 0.3 is 0 Å². The van der Waals surface area contributed by atoms with Gasteiger partial charge in [0.2, 0.25) is 11.8 Å². The molecule has 0 aliphatic heterocycles. The van der Waals surface area contributed by atoms with E-state index >= 15 is 0 Å². The largest absolute Gasteiger partial charge is 0.354 e. The maximum Gasteiger partial charge on any atom is 0.272 e. The van der Waals surface area contributed by atoms with Crippen LogP contribution in [-0.2, 0) is 22.6 Å². The van der Waals surface area contributed by atoms with Crippen LogP contribution in [0.25, 0.3) is 11.0 Å². The van der Waals surface area contributed by atoms with Crippen molar-refractivity contribution in [3.63, 3.8) is 0 Å². The zero-order valence-electron chi connectivity index (χ0n) is 17.2. The van der Waals surface area contributed by atoms with Crippen molar-refractivity contribution >= 4 is 22.8 Å². The molecule has 0 aliphatic rings. The van der Waals surface area contributed by atoms with Crippen LogP contribution in [0.2, 0.25) is 0 Å². The third-order valence-electron chi connectivity index (χ3n) is 4.80. The van der Waals surface area contributed by atoms with E-state index in [2.05, 4.69) is 15.6 Å². The zero-order valence-corrected chi connectivity index (χ0v) is 17.2. The topological polar surface area (TPSA) is 93.1 Å². The van der Waals surface area contributed by atoms with E-state index < -0.39 is 11.9 Å². The monoisotopic (exact) mass is 406 g/mol. The molecule has 0 fully saturated rings. The minimum absolute atomic E-state index is 0.185. The van der Waals surface area contributed by atoms with Gasteiger partial charge in [-0.3, -0.25) is 19.0 Å². The average molecular weight is 406 g/mol. The molecule has 0 bridgehead atoms. The first-order chi connectivity index (χ1) is 14.5. The molecule has 1 atom stereocenters. The van der Waals surface area contributed by atoms with Gasteiger partial charge in [0.1, 0.15) is 18.3 Å². The first kappa shape index (κ1) is 21.2. The SMILES string of the molecule is CCCNC(=O)[C@H](Cc1ccccc1)NC(=O)Cn1c(=O)c(C)nc2ccccc21. The molecule has 0 spiro atoms. The summed E-state index contributed by atoms with van der Waals surface area (Å²) in [7, 11) is 0. The number of fused-ring (bicyclic) bond motifs is 1. The zero-order chi connectivity index (χ0) is 21.5. The molecule has 2 N–H and O–H groups in total. The molecule has 156 valence electrons. The van der Waals surface area contributed by atoms with Gasteiger partial charge in [-0.15, -0.1) is 0 Å². The number of carbonyl (C=O) groups is 2. The summed E-state index contributed by atoms with van der Waals surface area (Å²) in [5, 5.41) is 5.64. The summed E-state index contributed by atoms with van der Waals surface area (Å²) >= 11 is 0. The second-order valence-electron chi connectivity index (χ2n) is 7.18. The minimum atomic E-state index is -0.726. The lowest BCUT2D eigenvalue weighted by Gasteiger charge is -2.19. The molecule has 7 heteroatoms. The Balaban J connectivity index is 1.82. The minimum Gasteiger partial charge on any atom is -0.354 e. The van der Waals surface area contributed by atoms with Crippen LogP contribution in [0.4, 0.5) is 0 Å². The van der Waals surface area contributed by atoms with Crippen molar-refractivity contribution in [2.24, 2.45) is 0 Å². The van der Waals surface area contributed by atoms with Gasteiger partial charge in [0, 0.05) is 13.0 Å². The molecule has 1 aromatic heterocycles. The Morgan fingerprint density at radius 2 is 1.77 bits per heavy atom. The highest BCUT2D eigenvalue weighted by atomic mass is 16.2. The van der Waals surface area contributed by atoms with Crippen molar-refractivity contribution in [3.05, 3.63) is 76.2 Å². The second-order valence-corrected chi connectivity index (χ2v) is 7.18. The summed E-state index contributed by atoms with van der Waals surface area (Å²) in [6.45, 7) is 3.94. The molecule has 0 radical (unpaired) electrons. The van der Waals surface area contributed by atoms with E-state index in [0.29, 0.717) is 29.7 Å². The van der Waals surface area contributed by atoms with Gasteiger partial charge in [-0.25, -0.2) is 4.98 Å². The van der Waals surface area contributed by atoms with Crippen molar-refractivity contribution in [3.8, 4) is 0 Å². The van der Waals surface area contributed by atoms with E-state index in [1.165, 1.54) is 4.57 Å². The van der Waals surface area contributed by atoms with Crippen molar-refractivity contribution in [1.82, 2.24) is 20.2 Å². The highest BCUT2D eigenvalue weighted by Gasteiger charge is 2.22. The van der Waals surface area contributed by atoms with Crippen molar-refractivity contribution in [1.29, 1.82) is 0 Å². The molecule has 0 saturated carbocycles. The van der Waals surface area contributed by atoms with Crippen LogP contribution in [0.1, 0.15) is 24.6 Å². The Bertz CT molecular complexity index is 1090. The maximum absolute atomic E-state index is 12.8. The number of carbonyl (C=O) groups excluding carboxylic acids is 2. The van der Waals surface area contributed by atoms with Gasteiger partial charge in [0.05, 0.1) is 11.0 Å². The number of hydrogen-bond acceptors (Lipinski definition) is 4. The Kier molecular flexibility index (Phi) is 6.95. The molecule has 3 aromatic rings. The van der Waals surface area contributed by atoms with Gasteiger partial charge in [-0.2, -0.15) is 0 Å². The smallest absolute Gasteiger partial charge is 0.272 e. The molecule has 3 rings (SSSR count). The number of amides is 2. The Morgan fingerprint density at radius 3 is 2.50 bits per heavy atom. The summed E-state index contributed by atoms with van der Waals surface area (Å²) in [6.07, 6.45) is 1.17.